The molecule has 1 saturated heterocycles. The normalized spacial score (nSPS) is 14.8. The van der Waals surface area contributed by atoms with Gasteiger partial charge in [0, 0.05) is 36.5 Å². The van der Waals surface area contributed by atoms with Crippen LogP contribution >= 0.6 is 0 Å². The number of hydrogen-bond acceptors (Lipinski definition) is 7. The number of morpholine rings is 1. The summed E-state index contributed by atoms with van der Waals surface area (Å²) in [6.07, 6.45) is 0.568. The molecule has 1 aromatic carbocycles. The zero-order valence-electron chi connectivity index (χ0n) is 18.2. The van der Waals surface area contributed by atoms with Crippen LogP contribution < -0.4 is 10.9 Å². The third-order valence-electron chi connectivity index (χ3n) is 5.14. The van der Waals surface area contributed by atoms with E-state index in [-0.39, 0.29) is 22.0 Å². The molecule has 3 aromatic rings. The topological polar surface area (TPSA) is 139 Å². The maximum absolute atomic E-state index is 12.8. The van der Waals surface area contributed by atoms with Crippen LogP contribution in [0.5, 0.6) is 0 Å². The molecule has 1 aliphatic rings. The minimum Gasteiger partial charge on any atom is -0.379 e. The molecule has 1 aliphatic heterocycles. The highest BCUT2D eigenvalue weighted by molar-refractivity contribution is 7.89. The van der Waals surface area contributed by atoms with E-state index in [2.05, 4.69) is 20.4 Å². The van der Waals surface area contributed by atoms with Gasteiger partial charge in [0.25, 0.3) is 11.5 Å². The van der Waals surface area contributed by atoms with Crippen molar-refractivity contribution in [3.8, 4) is 5.95 Å². The van der Waals surface area contributed by atoms with E-state index in [0.29, 0.717) is 49.9 Å². The zero-order valence-corrected chi connectivity index (χ0v) is 19.1. The van der Waals surface area contributed by atoms with E-state index in [1.807, 2.05) is 6.92 Å². The van der Waals surface area contributed by atoms with E-state index in [1.54, 1.807) is 13.0 Å². The number of anilines is 1. The Morgan fingerprint density at radius 3 is 2.55 bits per heavy atom. The molecular weight excluding hydrogens is 448 g/mol. The molecule has 0 aliphatic carbocycles. The Hall–Kier alpha value is -3.35. The van der Waals surface area contributed by atoms with Crippen LogP contribution in [0.2, 0.25) is 0 Å². The minimum atomic E-state index is -3.65. The van der Waals surface area contributed by atoms with Gasteiger partial charge in [-0.2, -0.15) is 14.1 Å². The number of sulfonamides is 1. The molecule has 0 unspecified atom stereocenters. The van der Waals surface area contributed by atoms with E-state index in [0.717, 1.165) is 0 Å². The van der Waals surface area contributed by atoms with Crippen molar-refractivity contribution >= 4 is 21.7 Å². The molecule has 174 valence electrons. The van der Waals surface area contributed by atoms with Crippen LogP contribution in [0.25, 0.3) is 5.95 Å². The molecular formula is C21H24N6O5S. The highest BCUT2D eigenvalue weighted by Gasteiger charge is 2.26. The maximum atomic E-state index is 12.8. The summed E-state index contributed by atoms with van der Waals surface area (Å²) < 4.78 is 33.5. The lowest BCUT2D eigenvalue weighted by Crippen LogP contribution is -2.40. The monoisotopic (exact) mass is 472 g/mol. The van der Waals surface area contributed by atoms with Crippen molar-refractivity contribution in [2.45, 2.75) is 25.2 Å². The van der Waals surface area contributed by atoms with Crippen LogP contribution in [0.15, 0.2) is 46.1 Å². The van der Waals surface area contributed by atoms with Crippen molar-refractivity contribution in [2.75, 3.05) is 31.6 Å². The van der Waals surface area contributed by atoms with Crippen LogP contribution in [0.1, 0.15) is 28.7 Å². The fourth-order valence-electron chi connectivity index (χ4n) is 3.43. The van der Waals surface area contributed by atoms with Gasteiger partial charge in [-0.3, -0.25) is 14.6 Å². The van der Waals surface area contributed by atoms with Gasteiger partial charge in [0.1, 0.15) is 5.82 Å². The van der Waals surface area contributed by atoms with Gasteiger partial charge in [-0.15, -0.1) is 0 Å². The van der Waals surface area contributed by atoms with Crippen molar-refractivity contribution in [3.63, 3.8) is 0 Å². The Labute approximate surface area is 190 Å². The first-order valence-electron chi connectivity index (χ1n) is 10.4. The molecule has 2 N–H and O–H groups in total. The highest BCUT2D eigenvalue weighted by Crippen LogP contribution is 2.19. The van der Waals surface area contributed by atoms with Crippen molar-refractivity contribution in [1.29, 1.82) is 0 Å². The van der Waals surface area contributed by atoms with Crippen molar-refractivity contribution in [2.24, 2.45) is 0 Å². The molecule has 0 radical (unpaired) electrons. The number of amides is 1. The largest absolute Gasteiger partial charge is 0.379 e. The van der Waals surface area contributed by atoms with E-state index in [9.17, 15) is 18.0 Å². The summed E-state index contributed by atoms with van der Waals surface area (Å²) in [5.74, 6) is 0.0501. The van der Waals surface area contributed by atoms with Gasteiger partial charge in [0.2, 0.25) is 16.0 Å². The first-order valence-corrected chi connectivity index (χ1v) is 11.9. The lowest BCUT2D eigenvalue weighted by Gasteiger charge is -2.26. The van der Waals surface area contributed by atoms with Crippen LogP contribution in [-0.2, 0) is 21.2 Å². The Kier molecular flexibility index (Phi) is 6.40. The Morgan fingerprint density at radius 2 is 1.88 bits per heavy atom. The number of benzene rings is 1. The number of carbonyl (C=O) groups excluding carboxylic acids is 1. The van der Waals surface area contributed by atoms with E-state index in [4.69, 9.17) is 4.74 Å². The van der Waals surface area contributed by atoms with Crippen LogP contribution in [0.4, 0.5) is 5.82 Å². The summed E-state index contributed by atoms with van der Waals surface area (Å²) in [5.41, 5.74) is 1.16. The lowest BCUT2D eigenvalue weighted by molar-refractivity contribution is 0.0730. The molecule has 3 heterocycles. The van der Waals surface area contributed by atoms with Crippen molar-refractivity contribution in [3.05, 3.63) is 63.7 Å². The Bertz CT molecular complexity index is 1320. The SMILES string of the molecule is CCc1cc(=O)[nH]c(-n2nc(C)cc2NC(=O)c2ccc(S(=O)(=O)N3CCOCC3)cc2)n1. The van der Waals surface area contributed by atoms with E-state index in [1.165, 1.54) is 39.3 Å². The molecule has 33 heavy (non-hydrogen) atoms. The fourth-order valence-corrected chi connectivity index (χ4v) is 4.84. The minimum absolute atomic E-state index is 0.111. The molecule has 1 amide bonds. The summed E-state index contributed by atoms with van der Waals surface area (Å²) in [4.78, 5) is 31.9. The van der Waals surface area contributed by atoms with Gasteiger partial charge < -0.3 is 10.1 Å². The first-order chi connectivity index (χ1) is 15.8. The van der Waals surface area contributed by atoms with Gasteiger partial charge >= 0.3 is 0 Å². The summed E-state index contributed by atoms with van der Waals surface area (Å²) in [5, 5.41) is 7.06. The van der Waals surface area contributed by atoms with Crippen LogP contribution in [0.3, 0.4) is 0 Å². The highest BCUT2D eigenvalue weighted by atomic mass is 32.2. The van der Waals surface area contributed by atoms with Crippen LogP contribution in [-0.4, -0.2) is 64.7 Å². The standard InChI is InChI=1S/C21H24N6O5S/c1-3-16-13-19(28)24-21(22-16)27-18(12-14(2)25-27)23-20(29)15-4-6-17(7-5-15)33(30,31)26-8-10-32-11-9-26/h4-7,12-13H,3,8-11H2,1-2H3,(H,23,29)(H,22,24,28). The quantitative estimate of drug-likeness (QED) is 0.548. The first kappa shape index (κ1) is 22.8. The Balaban J connectivity index is 1.56. The number of H-pyrrole nitrogens is 1. The van der Waals surface area contributed by atoms with Gasteiger partial charge in [-0.05, 0) is 37.6 Å². The average molecular weight is 473 g/mol. The summed E-state index contributed by atoms with van der Waals surface area (Å²) in [7, 11) is -3.65. The number of aromatic nitrogens is 4. The van der Waals surface area contributed by atoms with Crippen molar-refractivity contribution in [1.82, 2.24) is 24.1 Å². The molecule has 11 nitrogen and oxygen atoms in total. The summed E-state index contributed by atoms with van der Waals surface area (Å²) in [6.45, 7) is 4.93. The number of ether oxygens (including phenoxy) is 1. The molecule has 0 bridgehead atoms. The zero-order chi connectivity index (χ0) is 23.6. The number of rotatable bonds is 6. The average Bonchev–Trinajstić information content (AvgIpc) is 3.19. The third kappa shape index (κ3) is 4.87. The van der Waals surface area contributed by atoms with Gasteiger partial charge in [-0.1, -0.05) is 6.92 Å². The molecule has 1 fully saturated rings. The number of carbonyl (C=O) groups is 1. The second-order valence-corrected chi connectivity index (χ2v) is 9.43. The number of nitrogens with one attached hydrogen (secondary N) is 2. The molecule has 12 heteroatoms. The Morgan fingerprint density at radius 1 is 1.18 bits per heavy atom. The number of nitrogens with zero attached hydrogens (tertiary/aromatic N) is 4. The van der Waals surface area contributed by atoms with Gasteiger partial charge in [0.15, 0.2) is 0 Å². The predicted octanol–water partition coefficient (Wildman–Crippen LogP) is 1.10. The fraction of sp³-hybridized carbons (Fsp3) is 0.333. The second-order valence-electron chi connectivity index (χ2n) is 7.49. The second kappa shape index (κ2) is 9.25. The van der Waals surface area contributed by atoms with Crippen LogP contribution in [0, 0.1) is 6.92 Å². The molecule has 0 atom stereocenters. The lowest BCUT2D eigenvalue weighted by atomic mass is 10.2. The van der Waals surface area contributed by atoms with Gasteiger partial charge in [0.05, 0.1) is 23.8 Å². The summed E-state index contributed by atoms with van der Waals surface area (Å²) in [6, 6.07) is 8.78. The molecule has 0 spiro atoms. The predicted molar refractivity (Wildman–Crippen MR) is 120 cm³/mol. The molecule has 0 saturated carbocycles. The van der Waals surface area contributed by atoms with E-state index >= 15 is 0 Å². The number of hydrogen-bond donors (Lipinski definition) is 2. The molecule has 2 aromatic heterocycles. The summed E-state index contributed by atoms with van der Waals surface area (Å²) >= 11 is 0. The third-order valence-corrected chi connectivity index (χ3v) is 7.06. The smallest absolute Gasteiger partial charge is 0.256 e. The van der Waals surface area contributed by atoms with E-state index < -0.39 is 15.9 Å². The number of aryl methyl sites for hydroxylation is 2. The van der Waals surface area contributed by atoms with Crippen molar-refractivity contribution < 1.29 is 17.9 Å². The maximum Gasteiger partial charge on any atom is 0.256 e. The number of aromatic amines is 1. The van der Waals surface area contributed by atoms with Gasteiger partial charge in [-0.25, -0.2) is 13.4 Å². The molecule has 4 rings (SSSR count).